The van der Waals surface area contributed by atoms with E-state index in [0.29, 0.717) is 6.54 Å². The molecule has 1 fully saturated rings. The summed E-state index contributed by atoms with van der Waals surface area (Å²) in [7, 11) is 0. The number of hydroxylamine groups is 1. The van der Waals surface area contributed by atoms with Crippen LogP contribution in [0.2, 0.25) is 0 Å². The molecule has 4 amide bonds. The first kappa shape index (κ1) is 17.5. The minimum Gasteiger partial charge on any atom is -0.339 e. The normalized spacial score (nSPS) is 17.7. The van der Waals surface area contributed by atoms with Crippen LogP contribution < -0.4 is 5.48 Å². The number of nitrogens with one attached hydrogen (secondary N) is 1. The molecular formula is C16H19N3O5. The fourth-order valence-electron chi connectivity index (χ4n) is 2.44. The highest BCUT2D eigenvalue weighted by Crippen LogP contribution is 2.12. The largest absolute Gasteiger partial charge is 0.358 e. The van der Waals surface area contributed by atoms with E-state index in [-0.39, 0.29) is 13.0 Å². The van der Waals surface area contributed by atoms with Gasteiger partial charge in [-0.2, -0.15) is 5.48 Å². The van der Waals surface area contributed by atoms with Gasteiger partial charge < -0.3 is 9.74 Å². The van der Waals surface area contributed by atoms with Gasteiger partial charge in [-0.15, -0.1) is 0 Å². The molecule has 1 N–H and O–H groups in total. The van der Waals surface area contributed by atoms with Crippen LogP contribution in [0.25, 0.3) is 0 Å². The van der Waals surface area contributed by atoms with E-state index in [2.05, 4.69) is 4.84 Å². The zero-order valence-corrected chi connectivity index (χ0v) is 13.5. The Balaban J connectivity index is 1.91. The topological polar surface area (TPSA) is 96.0 Å². The summed E-state index contributed by atoms with van der Waals surface area (Å²) in [4.78, 5) is 54.4. The van der Waals surface area contributed by atoms with Gasteiger partial charge in [-0.05, 0) is 19.4 Å². The van der Waals surface area contributed by atoms with Gasteiger partial charge in [-0.1, -0.05) is 30.3 Å². The standard InChI is InChI=1S/C16H19N3O5/c1-3-18-10-11(2)19(15(22)14(18)21)16(23)17-24-13(20)9-12-7-5-4-6-8-12/h4-8,11H,3,9-10H2,1-2H3,(H,17,23). The SMILES string of the molecule is CCN1CC(C)N(C(=O)NOC(=O)Cc2ccccc2)C(=O)C1=O. The van der Waals surface area contributed by atoms with Crippen molar-refractivity contribution in [3.8, 4) is 0 Å². The Labute approximate surface area is 139 Å². The van der Waals surface area contributed by atoms with Crippen LogP contribution in [0.4, 0.5) is 4.79 Å². The second kappa shape index (κ2) is 7.58. The lowest BCUT2D eigenvalue weighted by Crippen LogP contribution is -2.62. The van der Waals surface area contributed by atoms with Gasteiger partial charge in [-0.3, -0.25) is 9.59 Å². The van der Waals surface area contributed by atoms with Crippen molar-refractivity contribution in [1.29, 1.82) is 0 Å². The van der Waals surface area contributed by atoms with E-state index in [1.54, 1.807) is 38.1 Å². The van der Waals surface area contributed by atoms with Crippen LogP contribution in [0, 0.1) is 0 Å². The molecule has 0 aliphatic carbocycles. The Hall–Kier alpha value is -2.90. The molecular weight excluding hydrogens is 314 g/mol. The van der Waals surface area contributed by atoms with Crippen molar-refractivity contribution in [2.45, 2.75) is 26.3 Å². The van der Waals surface area contributed by atoms with E-state index in [1.165, 1.54) is 4.90 Å². The zero-order valence-electron chi connectivity index (χ0n) is 13.5. The second-order valence-corrected chi connectivity index (χ2v) is 5.41. The van der Waals surface area contributed by atoms with Crippen molar-refractivity contribution in [2.75, 3.05) is 13.1 Å². The number of hydrogen-bond acceptors (Lipinski definition) is 5. The number of nitrogens with zero attached hydrogens (tertiary/aromatic N) is 2. The van der Waals surface area contributed by atoms with Crippen molar-refractivity contribution in [2.24, 2.45) is 0 Å². The van der Waals surface area contributed by atoms with Crippen molar-refractivity contribution in [3.63, 3.8) is 0 Å². The van der Waals surface area contributed by atoms with E-state index in [9.17, 15) is 19.2 Å². The number of urea groups is 1. The maximum Gasteiger partial charge on any atom is 0.358 e. The van der Waals surface area contributed by atoms with Gasteiger partial charge >= 0.3 is 23.8 Å². The molecule has 128 valence electrons. The molecule has 1 aliphatic rings. The molecule has 1 aliphatic heterocycles. The molecule has 1 aromatic rings. The van der Waals surface area contributed by atoms with E-state index >= 15 is 0 Å². The second-order valence-electron chi connectivity index (χ2n) is 5.41. The summed E-state index contributed by atoms with van der Waals surface area (Å²) in [6, 6.07) is 7.42. The molecule has 1 aromatic carbocycles. The van der Waals surface area contributed by atoms with Crippen LogP contribution in [0.5, 0.6) is 0 Å². The quantitative estimate of drug-likeness (QED) is 0.641. The summed E-state index contributed by atoms with van der Waals surface area (Å²) in [6.45, 7) is 4.01. The number of amides is 4. The Morgan fingerprint density at radius 2 is 1.88 bits per heavy atom. The van der Waals surface area contributed by atoms with E-state index in [0.717, 1.165) is 10.5 Å². The average molecular weight is 333 g/mol. The molecule has 8 heteroatoms. The lowest BCUT2D eigenvalue weighted by atomic mass is 10.2. The molecule has 1 atom stereocenters. The third kappa shape index (κ3) is 3.89. The number of rotatable bonds is 3. The van der Waals surface area contributed by atoms with Crippen LogP contribution in [-0.2, 0) is 25.6 Å². The number of likely N-dealkylation sites (N-methyl/N-ethyl adjacent to an activating group) is 1. The Kier molecular flexibility index (Phi) is 5.51. The van der Waals surface area contributed by atoms with Crippen molar-refractivity contribution < 1.29 is 24.0 Å². The van der Waals surface area contributed by atoms with Gasteiger partial charge in [0.15, 0.2) is 0 Å². The van der Waals surface area contributed by atoms with Crippen LogP contribution in [0.1, 0.15) is 19.4 Å². The van der Waals surface area contributed by atoms with Gasteiger partial charge in [0.2, 0.25) is 0 Å². The number of piperazine rings is 1. The fourth-order valence-corrected chi connectivity index (χ4v) is 2.44. The summed E-state index contributed by atoms with van der Waals surface area (Å²) in [5.41, 5.74) is 2.66. The number of hydrogen-bond donors (Lipinski definition) is 1. The van der Waals surface area contributed by atoms with E-state index in [4.69, 9.17) is 0 Å². The van der Waals surface area contributed by atoms with Crippen LogP contribution in [-0.4, -0.2) is 52.7 Å². The van der Waals surface area contributed by atoms with Crippen LogP contribution in [0.3, 0.4) is 0 Å². The highest BCUT2D eigenvalue weighted by atomic mass is 16.7. The summed E-state index contributed by atoms with van der Waals surface area (Å²) in [5.74, 6) is -2.36. The number of benzene rings is 1. The maximum atomic E-state index is 12.1. The van der Waals surface area contributed by atoms with E-state index < -0.39 is 29.9 Å². The van der Waals surface area contributed by atoms with E-state index in [1.807, 2.05) is 11.5 Å². The Morgan fingerprint density at radius 1 is 1.21 bits per heavy atom. The molecule has 0 aromatic heterocycles. The van der Waals surface area contributed by atoms with Crippen molar-refractivity contribution in [3.05, 3.63) is 35.9 Å². The Bertz CT molecular complexity index is 646. The number of carbonyl (C=O) groups is 4. The minimum absolute atomic E-state index is 0.0207. The summed E-state index contributed by atoms with van der Waals surface area (Å²) in [6.07, 6.45) is -0.0207. The zero-order chi connectivity index (χ0) is 17.7. The highest BCUT2D eigenvalue weighted by molar-refractivity contribution is 6.38. The maximum absolute atomic E-state index is 12.1. The molecule has 24 heavy (non-hydrogen) atoms. The highest BCUT2D eigenvalue weighted by Gasteiger charge is 2.40. The smallest absolute Gasteiger partial charge is 0.339 e. The molecule has 8 nitrogen and oxygen atoms in total. The first-order chi connectivity index (χ1) is 11.4. The first-order valence-electron chi connectivity index (χ1n) is 7.60. The molecule has 0 bridgehead atoms. The summed E-state index contributed by atoms with van der Waals surface area (Å²) in [5, 5.41) is 0. The average Bonchev–Trinajstić information content (AvgIpc) is 2.57. The Morgan fingerprint density at radius 3 is 2.50 bits per heavy atom. The fraction of sp³-hybridized carbons (Fsp3) is 0.375. The monoisotopic (exact) mass is 333 g/mol. The minimum atomic E-state index is -0.938. The molecule has 0 saturated carbocycles. The van der Waals surface area contributed by atoms with Crippen molar-refractivity contribution in [1.82, 2.24) is 15.3 Å². The first-order valence-corrected chi connectivity index (χ1v) is 7.60. The predicted molar refractivity (Wildman–Crippen MR) is 83.3 cm³/mol. The lowest BCUT2D eigenvalue weighted by Gasteiger charge is -2.36. The number of imide groups is 1. The summed E-state index contributed by atoms with van der Waals surface area (Å²) < 4.78 is 0. The molecule has 0 radical (unpaired) electrons. The third-order valence-corrected chi connectivity index (χ3v) is 3.66. The van der Waals surface area contributed by atoms with Gasteiger partial charge in [0.05, 0.1) is 12.5 Å². The van der Waals surface area contributed by atoms with Gasteiger partial charge in [0.25, 0.3) is 0 Å². The predicted octanol–water partition coefficient (Wildman–Crippen LogP) is 0.476. The lowest BCUT2D eigenvalue weighted by molar-refractivity contribution is -0.157. The van der Waals surface area contributed by atoms with Crippen LogP contribution in [0.15, 0.2) is 30.3 Å². The van der Waals surface area contributed by atoms with Crippen molar-refractivity contribution >= 4 is 23.8 Å². The molecule has 2 rings (SSSR count). The molecule has 1 saturated heterocycles. The number of carbonyl (C=O) groups excluding carboxylic acids is 4. The van der Waals surface area contributed by atoms with Gasteiger partial charge in [-0.25, -0.2) is 14.5 Å². The molecule has 0 spiro atoms. The van der Waals surface area contributed by atoms with Gasteiger partial charge in [0.1, 0.15) is 0 Å². The van der Waals surface area contributed by atoms with Crippen LogP contribution >= 0.6 is 0 Å². The molecule has 1 heterocycles. The van der Waals surface area contributed by atoms with Gasteiger partial charge in [0, 0.05) is 13.1 Å². The third-order valence-electron chi connectivity index (χ3n) is 3.66. The summed E-state index contributed by atoms with van der Waals surface area (Å²) >= 11 is 0. The molecule has 1 unspecified atom stereocenters.